The summed E-state index contributed by atoms with van der Waals surface area (Å²) in [7, 11) is -3.54. The van der Waals surface area contributed by atoms with E-state index < -0.39 is 22.2 Å². The van der Waals surface area contributed by atoms with Gasteiger partial charge in [0.05, 0.1) is 12.3 Å². The van der Waals surface area contributed by atoms with Crippen LogP contribution in [0.25, 0.3) is 0 Å². The predicted octanol–water partition coefficient (Wildman–Crippen LogP) is 3.09. The van der Waals surface area contributed by atoms with Crippen molar-refractivity contribution in [1.29, 1.82) is 0 Å². The molecule has 138 valence electrons. The zero-order valence-electron chi connectivity index (χ0n) is 14.2. The van der Waals surface area contributed by atoms with Gasteiger partial charge in [-0.25, -0.2) is 17.9 Å². The van der Waals surface area contributed by atoms with Gasteiger partial charge in [-0.1, -0.05) is 41.4 Å². The normalized spacial score (nSPS) is 17.4. The number of rotatable bonds is 6. The SMILES string of the molecule is Cc1ccc(N2CC(CNS(=O)(=O)Cc3ccc(Cl)cc3)OC2=O)cc1. The molecule has 0 saturated carbocycles. The van der Waals surface area contributed by atoms with Gasteiger partial charge >= 0.3 is 6.09 Å². The minimum atomic E-state index is -3.54. The minimum absolute atomic E-state index is 0.0318. The van der Waals surface area contributed by atoms with Crippen molar-refractivity contribution < 1.29 is 17.9 Å². The van der Waals surface area contributed by atoms with E-state index in [9.17, 15) is 13.2 Å². The molecule has 3 rings (SSSR count). The van der Waals surface area contributed by atoms with Gasteiger partial charge in [0.2, 0.25) is 10.0 Å². The van der Waals surface area contributed by atoms with E-state index in [1.54, 1.807) is 24.3 Å². The van der Waals surface area contributed by atoms with Crippen molar-refractivity contribution in [1.82, 2.24) is 4.72 Å². The van der Waals surface area contributed by atoms with Crippen molar-refractivity contribution in [3.63, 3.8) is 0 Å². The molecule has 1 aliphatic rings. The molecule has 0 radical (unpaired) electrons. The Morgan fingerprint density at radius 1 is 1.15 bits per heavy atom. The van der Waals surface area contributed by atoms with E-state index in [-0.39, 0.29) is 12.3 Å². The van der Waals surface area contributed by atoms with Crippen molar-refractivity contribution in [2.24, 2.45) is 0 Å². The largest absolute Gasteiger partial charge is 0.443 e. The number of ether oxygens (including phenoxy) is 1. The molecule has 0 aromatic heterocycles. The lowest BCUT2D eigenvalue weighted by atomic mass is 10.2. The molecule has 1 amide bonds. The van der Waals surface area contributed by atoms with Gasteiger partial charge in [0, 0.05) is 17.3 Å². The Morgan fingerprint density at radius 3 is 2.46 bits per heavy atom. The van der Waals surface area contributed by atoms with E-state index in [4.69, 9.17) is 16.3 Å². The van der Waals surface area contributed by atoms with E-state index in [1.807, 2.05) is 31.2 Å². The van der Waals surface area contributed by atoms with Crippen molar-refractivity contribution in [2.45, 2.75) is 18.8 Å². The first-order valence-corrected chi connectivity index (χ1v) is 10.1. The highest BCUT2D eigenvalue weighted by molar-refractivity contribution is 7.88. The number of sulfonamides is 1. The molecule has 0 spiro atoms. The number of anilines is 1. The third-order valence-corrected chi connectivity index (χ3v) is 5.59. The molecule has 0 aliphatic carbocycles. The molecule has 0 bridgehead atoms. The van der Waals surface area contributed by atoms with E-state index in [0.29, 0.717) is 17.1 Å². The molecule has 2 aromatic carbocycles. The highest BCUT2D eigenvalue weighted by Gasteiger charge is 2.32. The minimum Gasteiger partial charge on any atom is -0.443 e. The van der Waals surface area contributed by atoms with Gasteiger partial charge in [0.25, 0.3) is 0 Å². The van der Waals surface area contributed by atoms with E-state index in [2.05, 4.69) is 4.72 Å². The third kappa shape index (κ3) is 4.75. The number of halogens is 1. The summed E-state index contributed by atoms with van der Waals surface area (Å²) >= 11 is 5.80. The Bertz CT molecular complexity index is 882. The van der Waals surface area contributed by atoms with Crippen LogP contribution in [0.5, 0.6) is 0 Å². The molecule has 1 unspecified atom stereocenters. The van der Waals surface area contributed by atoms with Crippen molar-refractivity contribution >= 4 is 33.4 Å². The van der Waals surface area contributed by atoms with E-state index >= 15 is 0 Å². The summed E-state index contributed by atoms with van der Waals surface area (Å²) in [4.78, 5) is 13.5. The van der Waals surface area contributed by atoms with Crippen LogP contribution in [0.1, 0.15) is 11.1 Å². The lowest BCUT2D eigenvalue weighted by Crippen LogP contribution is -2.35. The standard InChI is InChI=1S/C18H19ClN2O4S/c1-13-2-8-16(9-3-13)21-11-17(25-18(21)22)10-20-26(23,24)12-14-4-6-15(19)7-5-14/h2-9,17,20H,10-12H2,1H3. The van der Waals surface area contributed by atoms with Gasteiger partial charge in [0.1, 0.15) is 6.10 Å². The second-order valence-corrected chi connectivity index (χ2v) is 8.43. The van der Waals surface area contributed by atoms with Crippen LogP contribution in [0.4, 0.5) is 10.5 Å². The van der Waals surface area contributed by atoms with Crippen LogP contribution >= 0.6 is 11.6 Å². The number of cyclic esters (lactones) is 1. The molecule has 1 atom stereocenters. The highest BCUT2D eigenvalue weighted by Crippen LogP contribution is 2.22. The van der Waals surface area contributed by atoms with Crippen LogP contribution in [-0.4, -0.2) is 33.7 Å². The monoisotopic (exact) mass is 394 g/mol. The fraction of sp³-hybridized carbons (Fsp3) is 0.278. The van der Waals surface area contributed by atoms with Crippen LogP contribution in [0.15, 0.2) is 48.5 Å². The van der Waals surface area contributed by atoms with Gasteiger partial charge < -0.3 is 4.74 Å². The molecule has 1 aliphatic heterocycles. The number of nitrogens with zero attached hydrogens (tertiary/aromatic N) is 1. The van der Waals surface area contributed by atoms with Gasteiger partial charge in [-0.2, -0.15) is 0 Å². The molecule has 1 saturated heterocycles. The number of carbonyl (C=O) groups is 1. The summed E-state index contributed by atoms with van der Waals surface area (Å²) < 4.78 is 32.2. The van der Waals surface area contributed by atoms with Gasteiger partial charge in [-0.15, -0.1) is 0 Å². The first-order chi connectivity index (χ1) is 12.3. The second kappa shape index (κ2) is 7.65. The maximum absolute atomic E-state index is 12.2. The summed E-state index contributed by atoms with van der Waals surface area (Å²) in [6.45, 7) is 2.29. The topological polar surface area (TPSA) is 75.7 Å². The lowest BCUT2D eigenvalue weighted by molar-refractivity contribution is 0.143. The van der Waals surface area contributed by atoms with Crippen LogP contribution in [0, 0.1) is 6.92 Å². The summed E-state index contributed by atoms with van der Waals surface area (Å²) in [5.74, 6) is -0.160. The lowest BCUT2D eigenvalue weighted by Gasteiger charge is -2.13. The number of hydrogen-bond donors (Lipinski definition) is 1. The second-order valence-electron chi connectivity index (χ2n) is 6.19. The fourth-order valence-electron chi connectivity index (χ4n) is 2.63. The highest BCUT2D eigenvalue weighted by atomic mass is 35.5. The van der Waals surface area contributed by atoms with Crippen LogP contribution < -0.4 is 9.62 Å². The van der Waals surface area contributed by atoms with Gasteiger partial charge in [0.15, 0.2) is 0 Å². The number of aryl methyl sites for hydroxylation is 1. The number of hydrogen-bond acceptors (Lipinski definition) is 4. The quantitative estimate of drug-likeness (QED) is 0.816. The predicted molar refractivity (Wildman–Crippen MR) is 101 cm³/mol. The molecule has 8 heteroatoms. The average molecular weight is 395 g/mol. The summed E-state index contributed by atoms with van der Waals surface area (Å²) in [6.07, 6.45) is -1.01. The molecule has 26 heavy (non-hydrogen) atoms. The summed E-state index contributed by atoms with van der Waals surface area (Å²) in [6, 6.07) is 14.1. The Hall–Kier alpha value is -2.09. The Morgan fingerprint density at radius 2 is 1.81 bits per heavy atom. The first-order valence-electron chi connectivity index (χ1n) is 8.09. The van der Waals surface area contributed by atoms with Crippen LogP contribution in [0.3, 0.4) is 0 Å². The number of carbonyl (C=O) groups excluding carboxylic acids is 1. The van der Waals surface area contributed by atoms with E-state index in [1.165, 1.54) is 4.90 Å². The molecule has 1 heterocycles. The summed E-state index contributed by atoms with van der Waals surface area (Å²) in [5.41, 5.74) is 2.45. The Labute approximate surface area is 157 Å². The Balaban J connectivity index is 1.57. The Kier molecular flexibility index (Phi) is 5.50. The third-order valence-electron chi connectivity index (χ3n) is 4.02. The fourth-order valence-corrected chi connectivity index (χ4v) is 3.93. The average Bonchev–Trinajstić information content (AvgIpc) is 2.97. The smallest absolute Gasteiger partial charge is 0.414 e. The molecular weight excluding hydrogens is 376 g/mol. The van der Waals surface area contributed by atoms with Crippen molar-refractivity contribution in [3.05, 3.63) is 64.7 Å². The number of nitrogens with one attached hydrogen (secondary N) is 1. The van der Waals surface area contributed by atoms with Crippen LogP contribution in [-0.2, 0) is 20.5 Å². The molecule has 1 fully saturated rings. The number of amides is 1. The molecule has 1 N–H and O–H groups in total. The maximum atomic E-state index is 12.2. The zero-order valence-corrected chi connectivity index (χ0v) is 15.8. The molecular formula is C18H19ClN2O4S. The van der Waals surface area contributed by atoms with Gasteiger partial charge in [-0.3, -0.25) is 4.90 Å². The first kappa shape index (κ1) is 18.7. The van der Waals surface area contributed by atoms with Crippen molar-refractivity contribution in [2.75, 3.05) is 18.0 Å². The van der Waals surface area contributed by atoms with Crippen molar-refractivity contribution in [3.8, 4) is 0 Å². The van der Waals surface area contributed by atoms with Crippen LogP contribution in [0.2, 0.25) is 5.02 Å². The molecule has 2 aromatic rings. The zero-order chi connectivity index (χ0) is 18.7. The summed E-state index contributed by atoms with van der Waals surface area (Å²) in [5, 5.41) is 0.549. The van der Waals surface area contributed by atoms with E-state index in [0.717, 1.165) is 11.3 Å². The number of benzene rings is 2. The molecule has 6 nitrogen and oxygen atoms in total. The maximum Gasteiger partial charge on any atom is 0.414 e. The van der Waals surface area contributed by atoms with Gasteiger partial charge in [-0.05, 0) is 36.8 Å².